The first-order chi connectivity index (χ1) is 6.74. The normalized spacial score (nSPS) is 20.7. The van der Waals surface area contributed by atoms with Gasteiger partial charge in [0, 0.05) is 30.8 Å². The molecule has 0 amide bonds. The van der Waals surface area contributed by atoms with Crippen LogP contribution in [0.25, 0.3) is 0 Å². The van der Waals surface area contributed by atoms with Crippen molar-refractivity contribution in [1.29, 1.82) is 0 Å². The summed E-state index contributed by atoms with van der Waals surface area (Å²) in [6.07, 6.45) is 1.03. The van der Waals surface area contributed by atoms with E-state index in [0.717, 1.165) is 24.2 Å². The van der Waals surface area contributed by atoms with Gasteiger partial charge in [-0.05, 0) is 25.1 Å². The van der Waals surface area contributed by atoms with Crippen LogP contribution in [-0.4, -0.2) is 25.2 Å². The highest BCUT2D eigenvalue weighted by Crippen LogP contribution is 2.39. The van der Waals surface area contributed by atoms with E-state index in [1.807, 2.05) is 19.2 Å². The molecule has 0 aliphatic carbocycles. The van der Waals surface area contributed by atoms with Crippen molar-refractivity contribution in [2.45, 2.75) is 12.3 Å². The molecule has 1 atom stereocenters. The SMILES string of the molecule is CN1CCC(CN)c2c(O)cccc21. The van der Waals surface area contributed by atoms with Crippen molar-refractivity contribution in [1.82, 2.24) is 0 Å². The molecule has 2 rings (SSSR count). The van der Waals surface area contributed by atoms with Gasteiger partial charge in [-0.2, -0.15) is 0 Å². The number of hydrogen-bond donors (Lipinski definition) is 2. The van der Waals surface area contributed by atoms with Gasteiger partial charge in [-0.1, -0.05) is 6.07 Å². The molecule has 1 aromatic carbocycles. The fourth-order valence-corrected chi connectivity index (χ4v) is 2.14. The van der Waals surface area contributed by atoms with E-state index in [2.05, 4.69) is 4.90 Å². The third kappa shape index (κ3) is 1.34. The van der Waals surface area contributed by atoms with Gasteiger partial charge in [0.05, 0.1) is 0 Å². The monoisotopic (exact) mass is 192 g/mol. The van der Waals surface area contributed by atoms with Crippen molar-refractivity contribution in [2.75, 3.05) is 25.0 Å². The third-order valence-corrected chi connectivity index (χ3v) is 2.98. The average Bonchev–Trinajstić information content (AvgIpc) is 2.20. The van der Waals surface area contributed by atoms with Crippen molar-refractivity contribution < 1.29 is 5.11 Å². The Balaban J connectivity index is 2.51. The summed E-state index contributed by atoms with van der Waals surface area (Å²) in [5.74, 6) is 0.687. The zero-order valence-corrected chi connectivity index (χ0v) is 8.40. The summed E-state index contributed by atoms with van der Waals surface area (Å²) < 4.78 is 0. The summed E-state index contributed by atoms with van der Waals surface area (Å²) in [6.45, 7) is 1.62. The lowest BCUT2D eigenvalue weighted by Crippen LogP contribution is -2.30. The number of aromatic hydroxyl groups is 1. The minimum Gasteiger partial charge on any atom is -0.508 e. The minimum atomic E-state index is 0.308. The maximum atomic E-state index is 9.79. The fraction of sp³-hybridized carbons (Fsp3) is 0.455. The van der Waals surface area contributed by atoms with Gasteiger partial charge in [-0.25, -0.2) is 0 Å². The summed E-state index contributed by atoms with van der Waals surface area (Å²) in [6, 6.07) is 5.65. The predicted octanol–water partition coefficient (Wildman–Crippen LogP) is 1.27. The van der Waals surface area contributed by atoms with Crippen LogP contribution in [0.15, 0.2) is 18.2 Å². The Morgan fingerprint density at radius 1 is 1.57 bits per heavy atom. The minimum absolute atomic E-state index is 0.308. The van der Waals surface area contributed by atoms with Crippen LogP contribution in [0, 0.1) is 0 Å². The van der Waals surface area contributed by atoms with Gasteiger partial charge in [0.15, 0.2) is 0 Å². The molecule has 1 aromatic rings. The highest BCUT2D eigenvalue weighted by atomic mass is 16.3. The number of rotatable bonds is 1. The van der Waals surface area contributed by atoms with E-state index >= 15 is 0 Å². The summed E-state index contributed by atoms with van der Waals surface area (Å²) in [5, 5.41) is 9.79. The van der Waals surface area contributed by atoms with Crippen LogP contribution >= 0.6 is 0 Å². The second-order valence-electron chi connectivity index (χ2n) is 3.85. The average molecular weight is 192 g/mol. The first-order valence-electron chi connectivity index (χ1n) is 4.97. The van der Waals surface area contributed by atoms with Crippen molar-refractivity contribution in [3.8, 4) is 5.75 Å². The molecule has 0 radical (unpaired) electrons. The second-order valence-corrected chi connectivity index (χ2v) is 3.85. The van der Waals surface area contributed by atoms with Gasteiger partial charge in [0.1, 0.15) is 5.75 Å². The van der Waals surface area contributed by atoms with Crippen molar-refractivity contribution >= 4 is 5.69 Å². The van der Waals surface area contributed by atoms with E-state index < -0.39 is 0 Å². The Morgan fingerprint density at radius 2 is 2.36 bits per heavy atom. The topological polar surface area (TPSA) is 49.5 Å². The molecule has 1 aliphatic heterocycles. The number of phenols is 1. The van der Waals surface area contributed by atoms with Gasteiger partial charge in [0.25, 0.3) is 0 Å². The largest absolute Gasteiger partial charge is 0.508 e. The first kappa shape index (κ1) is 9.34. The van der Waals surface area contributed by atoms with E-state index in [4.69, 9.17) is 5.73 Å². The number of fused-ring (bicyclic) bond motifs is 1. The summed E-state index contributed by atoms with van der Waals surface area (Å²) in [7, 11) is 2.05. The van der Waals surface area contributed by atoms with E-state index in [9.17, 15) is 5.11 Å². The Morgan fingerprint density at radius 3 is 3.07 bits per heavy atom. The van der Waals surface area contributed by atoms with Crippen LogP contribution in [-0.2, 0) is 0 Å². The molecule has 0 aromatic heterocycles. The van der Waals surface area contributed by atoms with E-state index in [-0.39, 0.29) is 0 Å². The zero-order chi connectivity index (χ0) is 10.1. The third-order valence-electron chi connectivity index (χ3n) is 2.98. The van der Waals surface area contributed by atoms with E-state index in [0.29, 0.717) is 18.2 Å². The molecule has 1 unspecified atom stereocenters. The molecule has 0 saturated carbocycles. The second kappa shape index (κ2) is 3.50. The lowest BCUT2D eigenvalue weighted by molar-refractivity contribution is 0.454. The van der Waals surface area contributed by atoms with E-state index in [1.54, 1.807) is 6.07 Å². The van der Waals surface area contributed by atoms with Crippen LogP contribution in [0.5, 0.6) is 5.75 Å². The lowest BCUT2D eigenvalue weighted by Gasteiger charge is -2.33. The Bertz CT molecular complexity index is 338. The highest BCUT2D eigenvalue weighted by Gasteiger charge is 2.24. The molecular weight excluding hydrogens is 176 g/mol. The molecular formula is C11H16N2O. The molecule has 14 heavy (non-hydrogen) atoms. The van der Waals surface area contributed by atoms with Gasteiger partial charge in [0.2, 0.25) is 0 Å². The fourth-order valence-electron chi connectivity index (χ4n) is 2.14. The van der Waals surface area contributed by atoms with Crippen LogP contribution in [0.1, 0.15) is 17.9 Å². The van der Waals surface area contributed by atoms with Crippen LogP contribution in [0.3, 0.4) is 0 Å². The van der Waals surface area contributed by atoms with Crippen LogP contribution in [0.4, 0.5) is 5.69 Å². The van der Waals surface area contributed by atoms with Gasteiger partial charge in [-0.15, -0.1) is 0 Å². The van der Waals surface area contributed by atoms with Crippen molar-refractivity contribution in [3.05, 3.63) is 23.8 Å². The molecule has 0 fully saturated rings. The predicted molar refractivity (Wildman–Crippen MR) is 57.8 cm³/mol. The Hall–Kier alpha value is -1.22. The first-order valence-corrected chi connectivity index (χ1v) is 4.97. The molecule has 3 N–H and O–H groups in total. The van der Waals surface area contributed by atoms with Crippen LogP contribution in [0.2, 0.25) is 0 Å². The molecule has 1 aliphatic rings. The Labute approximate surface area is 84.1 Å². The number of nitrogens with two attached hydrogens (primary N) is 1. The molecule has 0 spiro atoms. The Kier molecular flexibility index (Phi) is 2.33. The molecule has 3 nitrogen and oxygen atoms in total. The van der Waals surface area contributed by atoms with Gasteiger partial charge in [-0.3, -0.25) is 0 Å². The quantitative estimate of drug-likeness (QED) is 0.704. The number of hydrogen-bond acceptors (Lipinski definition) is 3. The van der Waals surface area contributed by atoms with E-state index in [1.165, 1.54) is 0 Å². The zero-order valence-electron chi connectivity index (χ0n) is 8.40. The maximum Gasteiger partial charge on any atom is 0.121 e. The molecule has 0 bridgehead atoms. The smallest absolute Gasteiger partial charge is 0.121 e. The maximum absolute atomic E-state index is 9.79. The van der Waals surface area contributed by atoms with Gasteiger partial charge < -0.3 is 15.7 Å². The standard InChI is InChI=1S/C11H16N2O/c1-13-6-5-8(7-12)11-9(13)3-2-4-10(11)14/h2-4,8,14H,5-7,12H2,1H3. The summed E-state index contributed by atoms with van der Waals surface area (Å²) in [4.78, 5) is 2.17. The number of nitrogens with zero attached hydrogens (tertiary/aromatic N) is 1. The number of phenolic OH excluding ortho intramolecular Hbond substituents is 1. The highest BCUT2D eigenvalue weighted by molar-refractivity contribution is 5.61. The van der Waals surface area contributed by atoms with Crippen LogP contribution < -0.4 is 10.6 Å². The van der Waals surface area contributed by atoms with Crippen molar-refractivity contribution in [3.63, 3.8) is 0 Å². The summed E-state index contributed by atoms with van der Waals surface area (Å²) in [5.41, 5.74) is 7.84. The number of anilines is 1. The molecule has 76 valence electrons. The lowest BCUT2D eigenvalue weighted by atomic mass is 9.89. The molecule has 1 heterocycles. The van der Waals surface area contributed by atoms with Gasteiger partial charge >= 0.3 is 0 Å². The molecule has 3 heteroatoms. The summed E-state index contributed by atoms with van der Waals surface area (Å²) >= 11 is 0. The van der Waals surface area contributed by atoms with Crippen molar-refractivity contribution in [2.24, 2.45) is 5.73 Å². The molecule has 0 saturated heterocycles. The number of benzene rings is 1.